The number of rotatable bonds is 28. The van der Waals surface area contributed by atoms with E-state index in [1.165, 1.54) is 45.0 Å². The quantitative estimate of drug-likeness (QED) is 0.0185. The van der Waals surface area contributed by atoms with Crippen LogP contribution in [-0.4, -0.2) is 153 Å². The van der Waals surface area contributed by atoms with Crippen LogP contribution in [0.15, 0.2) is 90.4 Å². The predicted octanol–water partition coefficient (Wildman–Crippen LogP) is 0.607. The van der Waals surface area contributed by atoms with E-state index in [1.54, 1.807) is 29.2 Å². The summed E-state index contributed by atoms with van der Waals surface area (Å²) in [4.78, 5) is 140. The molecule has 0 saturated carbocycles. The lowest BCUT2D eigenvalue weighted by molar-refractivity contribution is -0.140. The lowest BCUT2D eigenvalue weighted by atomic mass is 9.89. The molecule has 86 heavy (non-hydrogen) atoms. The maximum absolute atomic E-state index is 14.5. The van der Waals surface area contributed by atoms with Crippen LogP contribution in [0.2, 0.25) is 0 Å². The fourth-order valence-electron chi connectivity index (χ4n) is 10.9. The number of anilines is 1. The number of aromatic hydroxyl groups is 1. The van der Waals surface area contributed by atoms with E-state index in [9.17, 15) is 48.3 Å². The number of piperazine rings is 1. The van der Waals surface area contributed by atoms with Crippen molar-refractivity contribution in [2.24, 2.45) is 11.7 Å². The highest BCUT2D eigenvalue weighted by Gasteiger charge is 2.47. The van der Waals surface area contributed by atoms with Gasteiger partial charge in [-0.15, -0.1) is 0 Å². The summed E-state index contributed by atoms with van der Waals surface area (Å²) in [5, 5.41) is 39.9. The second kappa shape index (κ2) is 29.9. The number of hydrogen-bond acceptors (Lipinski definition) is 14. The molecule has 3 aromatic carbocycles. The van der Waals surface area contributed by atoms with Gasteiger partial charge < -0.3 is 68.2 Å². The number of guanidine groups is 1. The third kappa shape index (κ3) is 16.9. The molecule has 7 rings (SSSR count). The number of nitrogens with zero attached hydrogens (tertiary/aromatic N) is 5. The number of likely N-dealkylation sites (N-methyl/N-ethyl adjacent to an activating group) is 1. The summed E-state index contributed by atoms with van der Waals surface area (Å²) in [6.45, 7) is 8.18. The zero-order valence-corrected chi connectivity index (χ0v) is 49.3. The average Bonchev–Trinajstić information content (AvgIpc) is 1.63. The Bertz CT molecular complexity index is 3290. The highest BCUT2D eigenvalue weighted by molar-refractivity contribution is 5.97. The molecule has 26 nitrogen and oxygen atoms in total. The van der Waals surface area contributed by atoms with Crippen LogP contribution in [-0.2, 0) is 69.7 Å². The molecule has 2 aromatic heterocycles. The molecule has 6 atom stereocenters. The van der Waals surface area contributed by atoms with Crippen LogP contribution in [0.1, 0.15) is 95.0 Å². The summed E-state index contributed by atoms with van der Waals surface area (Å²) in [6.07, 6.45) is 7.25. The minimum Gasteiger partial charge on any atom is -0.508 e. The number of aromatic amines is 1. The molecular weight excluding hydrogens is 1100 g/mol. The second-order valence-corrected chi connectivity index (χ2v) is 22.3. The molecule has 8 amide bonds. The van der Waals surface area contributed by atoms with Crippen LogP contribution in [0, 0.1) is 11.3 Å². The first-order chi connectivity index (χ1) is 41.2. The SMILES string of the molecule is CCCC[C@H](NC(=O)C1(NC(C)=O)CCc2ccccc21)C(=O)N1CCN(c2ccc3ncn(CC(=O)N[C@@H](CCCNC(=N)N)C(=O)N[C@@H](Cc4c[nH]cn4)C(=O)N[C@@H](Cc4ccc(O)cc4)C(=O)N[C@@H](CC(C)C)C(=O)NC)c(=O)c3c2)CC1. The number of H-pyrrole nitrogens is 1. The second-order valence-electron chi connectivity index (χ2n) is 22.3. The van der Waals surface area contributed by atoms with E-state index < -0.39 is 83.3 Å². The van der Waals surface area contributed by atoms with Gasteiger partial charge in [-0.3, -0.25) is 53.1 Å². The molecule has 0 spiro atoms. The zero-order chi connectivity index (χ0) is 62.1. The van der Waals surface area contributed by atoms with Crippen molar-refractivity contribution in [3.8, 4) is 5.75 Å². The van der Waals surface area contributed by atoms with Gasteiger partial charge in [0.05, 0.1) is 29.3 Å². The van der Waals surface area contributed by atoms with Gasteiger partial charge in [-0.25, -0.2) is 9.97 Å². The fourth-order valence-corrected chi connectivity index (χ4v) is 10.9. The number of nitrogens with one attached hydrogen (secondary N) is 10. The van der Waals surface area contributed by atoms with Gasteiger partial charge in [0, 0.05) is 71.4 Å². The molecule has 3 heterocycles. The summed E-state index contributed by atoms with van der Waals surface area (Å²) in [7, 11) is 1.45. The molecule has 13 N–H and O–H groups in total. The smallest absolute Gasteiger partial charge is 0.261 e. The predicted molar refractivity (Wildman–Crippen MR) is 321 cm³/mol. The van der Waals surface area contributed by atoms with E-state index in [-0.39, 0.29) is 67.1 Å². The Balaban J connectivity index is 1.04. The van der Waals surface area contributed by atoms with Gasteiger partial charge in [-0.2, -0.15) is 0 Å². The number of aromatic nitrogens is 4. The third-order valence-corrected chi connectivity index (χ3v) is 15.4. The Morgan fingerprint density at radius 1 is 0.791 bits per heavy atom. The molecule has 1 aliphatic heterocycles. The molecule has 0 bridgehead atoms. The minimum atomic E-state index is -1.38. The van der Waals surface area contributed by atoms with Crippen molar-refractivity contribution in [3.63, 3.8) is 0 Å². The van der Waals surface area contributed by atoms with Crippen LogP contribution >= 0.6 is 0 Å². The molecule has 26 heteroatoms. The normalized spacial score (nSPS) is 16.3. The number of phenolic OH excluding ortho intramolecular Hbond substituents is 1. The summed E-state index contributed by atoms with van der Waals surface area (Å²) >= 11 is 0. The van der Waals surface area contributed by atoms with Crippen LogP contribution in [0.25, 0.3) is 10.9 Å². The van der Waals surface area contributed by atoms with E-state index in [4.69, 9.17) is 11.1 Å². The van der Waals surface area contributed by atoms with Crippen molar-refractivity contribution < 1.29 is 43.5 Å². The molecule has 0 radical (unpaired) electrons. The van der Waals surface area contributed by atoms with Crippen molar-refractivity contribution in [2.45, 2.75) is 134 Å². The van der Waals surface area contributed by atoms with Crippen molar-refractivity contribution in [2.75, 3.05) is 44.7 Å². The maximum atomic E-state index is 14.5. The van der Waals surface area contributed by atoms with Crippen molar-refractivity contribution in [3.05, 3.63) is 118 Å². The number of unbranched alkanes of at least 4 members (excludes halogenated alkanes) is 1. The highest BCUT2D eigenvalue weighted by atomic mass is 16.3. The summed E-state index contributed by atoms with van der Waals surface area (Å²) in [5.74, 6) is -4.79. The third-order valence-electron chi connectivity index (χ3n) is 15.4. The van der Waals surface area contributed by atoms with Gasteiger partial charge in [-0.05, 0) is 91.5 Å². The number of phenols is 1. The molecule has 2 aliphatic rings. The number of imidazole rings is 1. The first-order valence-corrected chi connectivity index (χ1v) is 29.1. The number of fused-ring (bicyclic) bond motifs is 2. The molecule has 460 valence electrons. The number of carbonyl (C=O) groups excluding carboxylic acids is 8. The van der Waals surface area contributed by atoms with Gasteiger partial charge >= 0.3 is 0 Å². The zero-order valence-electron chi connectivity index (χ0n) is 49.3. The van der Waals surface area contributed by atoms with Gasteiger partial charge in [0.15, 0.2) is 5.96 Å². The first-order valence-electron chi connectivity index (χ1n) is 29.1. The Hall–Kier alpha value is -9.36. The molecule has 5 aromatic rings. The number of benzene rings is 3. The van der Waals surface area contributed by atoms with E-state index >= 15 is 0 Å². The molecule has 1 fully saturated rings. The Labute approximate surface area is 498 Å². The Morgan fingerprint density at radius 2 is 1.47 bits per heavy atom. The van der Waals surface area contributed by atoms with Crippen LogP contribution in [0.3, 0.4) is 0 Å². The van der Waals surface area contributed by atoms with Crippen LogP contribution in [0.5, 0.6) is 5.75 Å². The average molecular weight is 1190 g/mol. The van der Waals surface area contributed by atoms with Crippen LogP contribution in [0.4, 0.5) is 5.69 Å². The topological polar surface area (TPSA) is 373 Å². The first kappa shape index (κ1) is 64.2. The van der Waals surface area contributed by atoms with E-state index in [0.29, 0.717) is 80.7 Å². The van der Waals surface area contributed by atoms with Gasteiger partial charge in [0.2, 0.25) is 41.4 Å². The largest absolute Gasteiger partial charge is 0.508 e. The summed E-state index contributed by atoms with van der Waals surface area (Å²) < 4.78 is 1.11. The summed E-state index contributed by atoms with van der Waals surface area (Å²) in [6, 6.07) is 13.0. The molecule has 1 aliphatic carbocycles. The number of aryl methyl sites for hydroxylation is 1. The maximum Gasteiger partial charge on any atom is 0.261 e. The molecule has 1 saturated heterocycles. The number of nitrogens with two attached hydrogens (primary N) is 1. The summed E-state index contributed by atoms with van der Waals surface area (Å²) in [5.41, 5.74) is 7.33. The van der Waals surface area contributed by atoms with E-state index in [1.807, 2.05) is 56.0 Å². The number of hydrogen-bond donors (Lipinski definition) is 12. The molecule has 1 unspecified atom stereocenters. The van der Waals surface area contributed by atoms with Gasteiger partial charge in [0.1, 0.15) is 48.0 Å². The van der Waals surface area contributed by atoms with Gasteiger partial charge in [0.25, 0.3) is 11.5 Å². The van der Waals surface area contributed by atoms with Crippen molar-refractivity contribution in [1.82, 2.24) is 67.0 Å². The molecular formula is C60H80N16O10. The van der Waals surface area contributed by atoms with E-state index in [2.05, 4.69) is 57.5 Å². The lowest BCUT2D eigenvalue weighted by Gasteiger charge is -2.38. The minimum absolute atomic E-state index is 0.0109. The number of carbonyl (C=O) groups is 8. The fraction of sp³-hybridized carbons (Fsp3) is 0.467. The lowest BCUT2D eigenvalue weighted by Crippen LogP contribution is -2.60. The van der Waals surface area contributed by atoms with Gasteiger partial charge in [-0.1, -0.05) is 70.0 Å². The standard InChI is InChI=1S/C60H80N16O10/c1-6-7-13-47(72-58(86)60(73-37(4)77)22-21-39-11-8-9-12-44(39)60)57(85)75-26-24-74(25-27-75)41-17-20-45-43(31-41)56(84)76(35-67-45)33-51(79)68-46(14-10-23-65-59(61)62)53(81)71-50(30-40-32-64-34-66-40)55(83)70-49(29-38-15-18-42(78)19-16-38)54(82)69-48(28-36(2)3)52(80)63-5/h8-9,11-12,15-20,31-32,34-36,46-50,78H,6-7,10,13-14,21-30,33H2,1-5H3,(H,63,80)(H,64,66)(H,68,79)(H,69,82)(H,70,83)(H,71,81)(H,72,86)(H,73,77)(H4,61,62,65)/t46-,47-,48-,49-,50-,60?/m0/s1. The highest BCUT2D eigenvalue weighted by Crippen LogP contribution is 2.37. The van der Waals surface area contributed by atoms with Crippen molar-refractivity contribution in [1.29, 1.82) is 5.41 Å². The monoisotopic (exact) mass is 1180 g/mol. The Kier molecular flexibility index (Phi) is 22.4. The van der Waals surface area contributed by atoms with E-state index in [0.717, 1.165) is 22.1 Å². The van der Waals surface area contributed by atoms with Crippen molar-refractivity contribution >= 4 is 69.8 Å². The Morgan fingerprint density at radius 3 is 2.12 bits per heavy atom. The van der Waals surface area contributed by atoms with Crippen LogP contribution < -0.4 is 58.7 Å². The number of amides is 8.